The number of carbonyl (C=O) groups is 6. The second kappa shape index (κ2) is 13.1. The van der Waals surface area contributed by atoms with Crippen molar-refractivity contribution in [3.63, 3.8) is 0 Å². The van der Waals surface area contributed by atoms with Gasteiger partial charge < -0.3 is 14.2 Å². The summed E-state index contributed by atoms with van der Waals surface area (Å²) in [6.45, 7) is 1.02. The average Bonchev–Trinajstić information content (AvgIpc) is 3.40. The van der Waals surface area contributed by atoms with E-state index in [0.29, 0.717) is 64.5 Å². The Morgan fingerprint density at radius 3 is 1.46 bits per heavy atom. The van der Waals surface area contributed by atoms with Crippen LogP contribution in [0.1, 0.15) is 70.6 Å². The van der Waals surface area contributed by atoms with Gasteiger partial charge in [-0.2, -0.15) is 0 Å². The molecule has 0 N–H and O–H groups in total. The molecule has 0 aromatic heterocycles. The summed E-state index contributed by atoms with van der Waals surface area (Å²) in [5, 5.41) is 0. The number of unbranched alkanes of at least 4 members (excludes halogenated alkanes) is 4. The Morgan fingerprint density at radius 2 is 1.08 bits per heavy atom. The Kier molecular flexibility index (Phi) is 9.66. The Labute approximate surface area is 227 Å². The third-order valence-corrected chi connectivity index (χ3v) is 7.64. The van der Waals surface area contributed by atoms with Crippen LogP contribution in [0.4, 0.5) is 0 Å². The van der Waals surface area contributed by atoms with Crippen LogP contribution in [0.15, 0.2) is 24.3 Å². The standard InChI is InChI=1S/C28H36N2O9/c31-22-9-10-23(32)29(22)13-5-1-3-7-26(35)37-18-28(16-20-15-21(17-28)39-20)19-38-27(36)8-4-2-6-14-30-24(33)11-12-25(30)34/h9-12,20-21H,1-8,13-19H2/t20-,21?/m1/s1. The van der Waals surface area contributed by atoms with Crippen LogP contribution in [-0.2, 0) is 43.0 Å². The normalized spacial score (nSPS) is 23.0. The topological polar surface area (TPSA) is 137 Å². The molecule has 0 radical (unpaired) electrons. The van der Waals surface area contributed by atoms with Crippen LogP contribution >= 0.6 is 0 Å². The van der Waals surface area contributed by atoms with E-state index < -0.39 is 5.41 Å². The first-order valence-corrected chi connectivity index (χ1v) is 13.8. The Balaban J connectivity index is 1.10. The molecular weight excluding hydrogens is 508 g/mol. The zero-order valence-corrected chi connectivity index (χ0v) is 22.1. The van der Waals surface area contributed by atoms with Crippen molar-refractivity contribution in [2.75, 3.05) is 26.3 Å². The van der Waals surface area contributed by atoms with E-state index in [4.69, 9.17) is 14.2 Å². The summed E-state index contributed by atoms with van der Waals surface area (Å²) in [6.07, 6.45) is 11.8. The quantitative estimate of drug-likeness (QED) is 0.162. The van der Waals surface area contributed by atoms with Gasteiger partial charge in [-0.25, -0.2) is 0 Å². The third kappa shape index (κ3) is 7.84. The van der Waals surface area contributed by atoms with E-state index >= 15 is 0 Å². The summed E-state index contributed by atoms with van der Waals surface area (Å²) in [5.74, 6) is -1.84. The first-order valence-electron chi connectivity index (χ1n) is 13.8. The second-order valence-corrected chi connectivity index (χ2v) is 10.8. The number of nitrogens with zero attached hydrogens (tertiary/aromatic N) is 2. The van der Waals surface area contributed by atoms with Gasteiger partial charge in [0.2, 0.25) is 0 Å². The highest BCUT2D eigenvalue weighted by molar-refractivity contribution is 6.13. The molecule has 0 aromatic rings. The molecule has 2 atom stereocenters. The predicted molar refractivity (Wildman–Crippen MR) is 136 cm³/mol. The van der Waals surface area contributed by atoms with Gasteiger partial charge in [0.05, 0.1) is 12.2 Å². The van der Waals surface area contributed by atoms with E-state index in [2.05, 4.69) is 0 Å². The van der Waals surface area contributed by atoms with E-state index in [1.54, 1.807) is 0 Å². The van der Waals surface area contributed by atoms with E-state index in [9.17, 15) is 28.8 Å². The van der Waals surface area contributed by atoms with Crippen LogP contribution in [-0.4, -0.2) is 83.9 Å². The van der Waals surface area contributed by atoms with Crippen LogP contribution in [0, 0.1) is 5.41 Å². The molecule has 1 saturated carbocycles. The largest absolute Gasteiger partial charge is 0.465 e. The minimum atomic E-state index is -0.454. The van der Waals surface area contributed by atoms with E-state index in [0.717, 1.165) is 6.42 Å². The van der Waals surface area contributed by atoms with E-state index in [1.165, 1.54) is 34.1 Å². The number of carbonyl (C=O) groups excluding carboxylic acids is 6. The number of hydrogen-bond acceptors (Lipinski definition) is 9. The van der Waals surface area contributed by atoms with Gasteiger partial charge in [-0.3, -0.25) is 38.6 Å². The Hall–Kier alpha value is -3.34. The van der Waals surface area contributed by atoms with Gasteiger partial charge in [-0.05, 0) is 44.9 Å². The lowest BCUT2D eigenvalue weighted by atomic mass is 9.69. The van der Waals surface area contributed by atoms with E-state index in [-0.39, 0.29) is 73.8 Å². The molecule has 0 spiro atoms. The lowest BCUT2D eigenvalue weighted by molar-refractivity contribution is -0.219. The average molecular weight is 545 g/mol. The van der Waals surface area contributed by atoms with Gasteiger partial charge in [-0.1, -0.05) is 12.8 Å². The van der Waals surface area contributed by atoms with Crippen molar-refractivity contribution in [2.45, 2.75) is 82.8 Å². The maximum Gasteiger partial charge on any atom is 0.305 e. The van der Waals surface area contributed by atoms with Crippen molar-refractivity contribution < 1.29 is 43.0 Å². The molecule has 39 heavy (non-hydrogen) atoms. The van der Waals surface area contributed by atoms with Crippen LogP contribution in [0.25, 0.3) is 0 Å². The van der Waals surface area contributed by atoms with Gasteiger partial charge in [0.1, 0.15) is 13.2 Å². The highest BCUT2D eigenvalue weighted by Crippen LogP contribution is 2.46. The zero-order valence-electron chi connectivity index (χ0n) is 22.1. The summed E-state index contributed by atoms with van der Waals surface area (Å²) in [4.78, 5) is 73.4. The SMILES string of the molecule is O=C(CCCCCN1C(=O)C=CC1=O)OCC1(COC(=O)CCCCCN2C(=O)C=CC2=O)CC2C[C@H](C1)O2. The molecule has 2 saturated heterocycles. The third-order valence-electron chi connectivity index (χ3n) is 7.64. The van der Waals surface area contributed by atoms with Gasteiger partial charge in [0.25, 0.3) is 23.6 Å². The number of ether oxygens (including phenoxy) is 3. The van der Waals surface area contributed by atoms with Crippen LogP contribution in [0.2, 0.25) is 0 Å². The molecular formula is C28H36N2O9. The van der Waals surface area contributed by atoms with Gasteiger partial charge in [-0.15, -0.1) is 0 Å². The van der Waals surface area contributed by atoms with Crippen LogP contribution in [0.3, 0.4) is 0 Å². The van der Waals surface area contributed by atoms with Gasteiger partial charge in [0.15, 0.2) is 0 Å². The van der Waals surface area contributed by atoms with Crippen LogP contribution < -0.4 is 0 Å². The smallest absolute Gasteiger partial charge is 0.305 e. The molecule has 11 heteroatoms. The monoisotopic (exact) mass is 544 g/mol. The summed E-state index contributed by atoms with van der Waals surface area (Å²) >= 11 is 0. The zero-order chi connectivity index (χ0) is 27.8. The van der Waals surface area contributed by atoms with Crippen molar-refractivity contribution in [1.82, 2.24) is 9.80 Å². The number of rotatable bonds is 16. The lowest BCUT2D eigenvalue weighted by Crippen LogP contribution is -2.54. The molecule has 4 aliphatic heterocycles. The molecule has 4 heterocycles. The minimum Gasteiger partial charge on any atom is -0.465 e. The first-order chi connectivity index (χ1) is 18.7. The minimum absolute atomic E-state index is 0.0946. The van der Waals surface area contributed by atoms with Crippen LogP contribution in [0.5, 0.6) is 0 Å². The Bertz CT molecular complexity index is 928. The highest BCUT2D eigenvalue weighted by Gasteiger charge is 2.49. The lowest BCUT2D eigenvalue weighted by Gasteiger charge is -2.51. The molecule has 5 aliphatic rings. The summed E-state index contributed by atoms with van der Waals surface area (Å²) in [5.41, 5.74) is -0.454. The second-order valence-electron chi connectivity index (χ2n) is 10.8. The molecule has 0 aromatic carbocycles. The number of amides is 4. The number of fused-ring (bicyclic) bond motifs is 2. The van der Waals surface area contributed by atoms with Gasteiger partial charge >= 0.3 is 11.9 Å². The molecule has 11 nitrogen and oxygen atoms in total. The van der Waals surface area contributed by atoms with Gasteiger partial charge in [0, 0.05) is 55.7 Å². The maximum absolute atomic E-state index is 12.4. The number of esters is 2. The predicted octanol–water partition coefficient (Wildman–Crippen LogP) is 1.98. The molecule has 1 aliphatic carbocycles. The number of imide groups is 2. The molecule has 5 rings (SSSR count). The van der Waals surface area contributed by atoms with E-state index in [1.807, 2.05) is 0 Å². The van der Waals surface area contributed by atoms with Crippen molar-refractivity contribution >= 4 is 35.6 Å². The first kappa shape index (κ1) is 28.7. The molecule has 1 unspecified atom stereocenters. The summed E-state index contributed by atoms with van der Waals surface area (Å²) in [6, 6.07) is 0. The molecule has 2 bridgehead atoms. The fourth-order valence-corrected chi connectivity index (χ4v) is 5.49. The molecule has 212 valence electrons. The Morgan fingerprint density at radius 1 is 0.692 bits per heavy atom. The summed E-state index contributed by atoms with van der Waals surface area (Å²) in [7, 11) is 0. The highest BCUT2D eigenvalue weighted by atomic mass is 16.6. The fraction of sp³-hybridized carbons (Fsp3) is 0.643. The molecule has 4 amide bonds. The number of hydrogen-bond donors (Lipinski definition) is 0. The van der Waals surface area contributed by atoms with Crippen molar-refractivity contribution in [3.8, 4) is 0 Å². The molecule has 3 fully saturated rings. The summed E-state index contributed by atoms with van der Waals surface area (Å²) < 4.78 is 16.9. The van der Waals surface area contributed by atoms with Crippen molar-refractivity contribution in [1.29, 1.82) is 0 Å². The van der Waals surface area contributed by atoms with Crippen molar-refractivity contribution in [2.24, 2.45) is 5.41 Å². The maximum atomic E-state index is 12.4. The van der Waals surface area contributed by atoms with Crippen molar-refractivity contribution in [3.05, 3.63) is 24.3 Å². The fourth-order valence-electron chi connectivity index (χ4n) is 5.49.